The van der Waals surface area contributed by atoms with Crippen molar-refractivity contribution in [3.63, 3.8) is 0 Å². The Bertz CT molecular complexity index is 818. The highest BCUT2D eigenvalue weighted by Gasteiger charge is 2.34. The first kappa shape index (κ1) is 18.5. The number of hydrogen-bond acceptors (Lipinski definition) is 5. The van der Waals surface area contributed by atoms with Crippen molar-refractivity contribution in [2.45, 2.75) is 45.1 Å². The molecule has 2 fully saturated rings. The summed E-state index contributed by atoms with van der Waals surface area (Å²) in [5.41, 5.74) is 1.50. The van der Waals surface area contributed by atoms with E-state index in [2.05, 4.69) is 10.1 Å². The van der Waals surface area contributed by atoms with E-state index >= 15 is 0 Å². The Balaban J connectivity index is 1.49. The molecule has 0 spiro atoms. The summed E-state index contributed by atoms with van der Waals surface area (Å²) in [4.78, 5) is 15.4. The topological polar surface area (TPSA) is 55.6 Å². The third kappa shape index (κ3) is 3.76. The molecule has 3 heterocycles. The zero-order valence-corrected chi connectivity index (χ0v) is 16.4. The van der Waals surface area contributed by atoms with Gasteiger partial charge in [0.2, 0.25) is 0 Å². The lowest BCUT2D eigenvalue weighted by Crippen LogP contribution is -2.49. The van der Waals surface area contributed by atoms with Gasteiger partial charge in [0.15, 0.2) is 0 Å². The van der Waals surface area contributed by atoms with Gasteiger partial charge in [0.25, 0.3) is 0 Å². The molecular weight excluding hydrogens is 364 g/mol. The SMILES string of the molecule is Cc1onc(-c2ccccc2Cl)c1C(=O)OC[C@H]1CCCN2CCCC[C@H]12. The summed E-state index contributed by atoms with van der Waals surface area (Å²) in [5, 5.41) is 4.59. The van der Waals surface area contributed by atoms with Gasteiger partial charge < -0.3 is 9.26 Å². The maximum atomic E-state index is 12.9. The first-order valence-corrected chi connectivity index (χ1v) is 10.2. The van der Waals surface area contributed by atoms with Crippen LogP contribution in [0.2, 0.25) is 5.02 Å². The third-order valence-electron chi connectivity index (χ3n) is 5.85. The lowest BCUT2D eigenvalue weighted by molar-refractivity contribution is 0.00733. The largest absolute Gasteiger partial charge is 0.462 e. The van der Waals surface area contributed by atoms with E-state index in [9.17, 15) is 4.79 Å². The molecule has 1 aromatic heterocycles. The van der Waals surface area contributed by atoms with Crippen LogP contribution in [0.4, 0.5) is 0 Å². The minimum absolute atomic E-state index is 0.374. The summed E-state index contributed by atoms with van der Waals surface area (Å²) in [7, 11) is 0. The van der Waals surface area contributed by atoms with E-state index < -0.39 is 0 Å². The Kier molecular flexibility index (Phi) is 5.50. The number of benzene rings is 1. The molecule has 0 aliphatic carbocycles. The summed E-state index contributed by atoms with van der Waals surface area (Å²) in [6, 6.07) is 7.86. The van der Waals surface area contributed by atoms with Gasteiger partial charge in [-0.25, -0.2) is 4.79 Å². The van der Waals surface area contributed by atoms with Crippen LogP contribution in [0, 0.1) is 12.8 Å². The maximum absolute atomic E-state index is 12.9. The first-order chi connectivity index (χ1) is 13.1. The van der Waals surface area contributed by atoms with Crippen molar-refractivity contribution < 1.29 is 14.1 Å². The third-order valence-corrected chi connectivity index (χ3v) is 6.18. The van der Waals surface area contributed by atoms with Crippen molar-refractivity contribution in [1.29, 1.82) is 0 Å². The highest BCUT2D eigenvalue weighted by molar-refractivity contribution is 6.33. The Morgan fingerprint density at radius 3 is 2.93 bits per heavy atom. The van der Waals surface area contributed by atoms with E-state index in [-0.39, 0.29) is 5.97 Å². The van der Waals surface area contributed by atoms with E-state index in [4.69, 9.17) is 20.9 Å². The molecule has 5 nitrogen and oxygen atoms in total. The quantitative estimate of drug-likeness (QED) is 0.709. The average Bonchev–Trinajstić information content (AvgIpc) is 3.07. The lowest BCUT2D eigenvalue weighted by atomic mass is 9.84. The Morgan fingerprint density at radius 1 is 1.26 bits per heavy atom. The molecule has 2 aromatic rings. The molecule has 0 unspecified atom stereocenters. The second-order valence-electron chi connectivity index (χ2n) is 7.54. The summed E-state index contributed by atoms with van der Waals surface area (Å²) < 4.78 is 11.0. The predicted molar refractivity (Wildman–Crippen MR) is 104 cm³/mol. The number of nitrogens with zero attached hydrogens (tertiary/aromatic N) is 2. The van der Waals surface area contributed by atoms with Crippen LogP contribution in [-0.2, 0) is 4.74 Å². The van der Waals surface area contributed by atoms with E-state index in [1.807, 2.05) is 18.2 Å². The second kappa shape index (κ2) is 8.03. The molecule has 0 amide bonds. The number of hydrogen-bond donors (Lipinski definition) is 0. The summed E-state index contributed by atoms with van der Waals surface area (Å²) in [5.74, 6) is 0.487. The van der Waals surface area contributed by atoms with Gasteiger partial charge >= 0.3 is 5.97 Å². The average molecular weight is 389 g/mol. The fourth-order valence-electron chi connectivity index (χ4n) is 4.48. The number of carbonyl (C=O) groups excluding carboxylic acids is 1. The molecule has 2 saturated heterocycles. The molecule has 0 radical (unpaired) electrons. The summed E-state index contributed by atoms with van der Waals surface area (Å²) in [6.45, 7) is 4.53. The Labute approximate surface area is 164 Å². The number of halogens is 1. The van der Waals surface area contributed by atoms with Crippen molar-refractivity contribution in [3.05, 3.63) is 40.6 Å². The van der Waals surface area contributed by atoms with E-state index in [0.29, 0.717) is 46.2 Å². The number of ether oxygens (including phenoxy) is 1. The van der Waals surface area contributed by atoms with Gasteiger partial charge in [-0.05, 0) is 51.8 Å². The number of carbonyl (C=O) groups is 1. The number of esters is 1. The molecule has 2 atom stereocenters. The second-order valence-corrected chi connectivity index (χ2v) is 7.95. The van der Waals surface area contributed by atoms with Crippen LogP contribution in [-0.4, -0.2) is 41.8 Å². The molecule has 144 valence electrons. The molecule has 0 saturated carbocycles. The number of aromatic nitrogens is 1. The van der Waals surface area contributed by atoms with Crippen LogP contribution >= 0.6 is 11.6 Å². The molecule has 6 heteroatoms. The Hall–Kier alpha value is -1.85. The van der Waals surface area contributed by atoms with Gasteiger partial charge in [-0.1, -0.05) is 41.4 Å². The van der Waals surface area contributed by atoms with Crippen LogP contribution in [0.25, 0.3) is 11.3 Å². The van der Waals surface area contributed by atoms with Crippen molar-refractivity contribution >= 4 is 17.6 Å². The fourth-order valence-corrected chi connectivity index (χ4v) is 4.70. The van der Waals surface area contributed by atoms with Crippen LogP contribution < -0.4 is 0 Å². The highest BCUT2D eigenvalue weighted by atomic mass is 35.5. The smallest absolute Gasteiger partial charge is 0.344 e. The van der Waals surface area contributed by atoms with Crippen molar-refractivity contribution in [2.24, 2.45) is 5.92 Å². The van der Waals surface area contributed by atoms with Crippen LogP contribution in [0.1, 0.15) is 48.2 Å². The zero-order valence-electron chi connectivity index (χ0n) is 15.6. The van der Waals surface area contributed by atoms with Gasteiger partial charge in [-0.3, -0.25) is 4.90 Å². The molecule has 27 heavy (non-hydrogen) atoms. The van der Waals surface area contributed by atoms with Crippen LogP contribution in [0.3, 0.4) is 0 Å². The van der Waals surface area contributed by atoms with Crippen LogP contribution in [0.5, 0.6) is 0 Å². The molecular formula is C21H25ClN2O3. The van der Waals surface area contributed by atoms with Gasteiger partial charge in [-0.2, -0.15) is 0 Å². The number of aryl methyl sites for hydroxylation is 1. The molecule has 0 N–H and O–H groups in total. The molecule has 4 rings (SSSR count). The van der Waals surface area contributed by atoms with Gasteiger partial charge in [0.05, 0.1) is 11.6 Å². The normalized spacial score (nSPS) is 23.0. The van der Waals surface area contributed by atoms with Crippen LogP contribution in [0.15, 0.2) is 28.8 Å². The number of piperidine rings is 2. The van der Waals surface area contributed by atoms with Gasteiger partial charge in [-0.15, -0.1) is 0 Å². The van der Waals surface area contributed by atoms with Crippen molar-refractivity contribution in [3.8, 4) is 11.3 Å². The fraction of sp³-hybridized carbons (Fsp3) is 0.524. The predicted octanol–water partition coefficient (Wildman–Crippen LogP) is 4.72. The minimum atomic E-state index is -0.378. The number of fused-ring (bicyclic) bond motifs is 1. The van der Waals surface area contributed by atoms with Crippen molar-refractivity contribution in [2.75, 3.05) is 19.7 Å². The first-order valence-electron chi connectivity index (χ1n) is 9.77. The monoisotopic (exact) mass is 388 g/mol. The maximum Gasteiger partial charge on any atom is 0.344 e. The highest BCUT2D eigenvalue weighted by Crippen LogP contribution is 2.33. The van der Waals surface area contributed by atoms with Crippen molar-refractivity contribution in [1.82, 2.24) is 10.1 Å². The standard InChI is InChI=1S/C21H25ClN2O3/c1-14-19(20(23-27-14)16-8-2-3-9-17(16)22)21(25)26-13-15-7-6-12-24-11-5-4-10-18(15)24/h2-3,8-9,15,18H,4-7,10-13H2,1H3/t15-,18-/m1/s1. The molecule has 2 aliphatic rings. The molecule has 2 aliphatic heterocycles. The van der Waals surface area contributed by atoms with E-state index in [1.165, 1.54) is 38.8 Å². The van der Waals surface area contributed by atoms with Gasteiger partial charge in [0.1, 0.15) is 17.0 Å². The van der Waals surface area contributed by atoms with E-state index in [0.717, 1.165) is 6.42 Å². The number of rotatable bonds is 4. The summed E-state index contributed by atoms with van der Waals surface area (Å²) >= 11 is 6.28. The lowest BCUT2D eigenvalue weighted by Gasteiger charge is -2.44. The Morgan fingerprint density at radius 2 is 2.07 bits per heavy atom. The summed E-state index contributed by atoms with van der Waals surface area (Å²) in [6.07, 6.45) is 6.06. The molecule has 0 bridgehead atoms. The van der Waals surface area contributed by atoms with E-state index in [1.54, 1.807) is 13.0 Å². The minimum Gasteiger partial charge on any atom is -0.462 e. The van der Waals surface area contributed by atoms with Gasteiger partial charge in [0, 0.05) is 17.5 Å². The molecule has 1 aromatic carbocycles. The zero-order chi connectivity index (χ0) is 18.8.